The molecule has 7 nitrogen and oxygen atoms in total. The summed E-state index contributed by atoms with van der Waals surface area (Å²) in [5.74, 6) is -0.0622. The van der Waals surface area contributed by atoms with E-state index < -0.39 is 0 Å². The van der Waals surface area contributed by atoms with Crippen LogP contribution in [0.5, 0.6) is 0 Å². The van der Waals surface area contributed by atoms with Gasteiger partial charge in [0.05, 0.1) is 15.6 Å². The Bertz CT molecular complexity index is 810. The maximum absolute atomic E-state index is 12.3. The van der Waals surface area contributed by atoms with Crippen molar-refractivity contribution < 1.29 is 9.72 Å². The molecular formula is C17H18N4O3S. The third-order valence-corrected chi connectivity index (χ3v) is 4.84. The Morgan fingerprint density at radius 1 is 1.28 bits per heavy atom. The highest BCUT2D eigenvalue weighted by molar-refractivity contribution is 7.09. The molecule has 2 heterocycles. The van der Waals surface area contributed by atoms with E-state index in [4.69, 9.17) is 0 Å². The van der Waals surface area contributed by atoms with Crippen molar-refractivity contribution >= 4 is 34.7 Å². The minimum Gasteiger partial charge on any atom is -0.362 e. The number of para-hydroxylation sites is 2. The lowest BCUT2D eigenvalue weighted by molar-refractivity contribution is -0.384. The van der Waals surface area contributed by atoms with Gasteiger partial charge in [-0.2, -0.15) is 0 Å². The third-order valence-electron chi connectivity index (χ3n) is 4.04. The Morgan fingerprint density at radius 2 is 2.00 bits per heavy atom. The molecule has 0 radical (unpaired) electrons. The zero-order chi connectivity index (χ0) is 17.8. The maximum atomic E-state index is 12.3. The SMILES string of the molecule is Cc1nc(/C=C/C(=O)N2CCN(c3ccccc3[N+](=O)[O-])CC2)cs1. The summed E-state index contributed by atoms with van der Waals surface area (Å²) < 4.78 is 0. The molecule has 1 aromatic carbocycles. The zero-order valence-electron chi connectivity index (χ0n) is 13.8. The molecule has 3 rings (SSSR count). The fraction of sp³-hybridized carbons (Fsp3) is 0.294. The summed E-state index contributed by atoms with van der Waals surface area (Å²) in [5.41, 5.74) is 1.49. The first kappa shape index (κ1) is 17.1. The van der Waals surface area contributed by atoms with Gasteiger partial charge in [0.1, 0.15) is 5.69 Å². The van der Waals surface area contributed by atoms with Crippen molar-refractivity contribution in [3.8, 4) is 0 Å². The Labute approximate surface area is 149 Å². The van der Waals surface area contributed by atoms with Crippen molar-refractivity contribution in [3.05, 3.63) is 56.5 Å². The van der Waals surface area contributed by atoms with Crippen LogP contribution in [-0.2, 0) is 4.79 Å². The molecule has 25 heavy (non-hydrogen) atoms. The number of hydrogen-bond acceptors (Lipinski definition) is 6. The molecule has 1 aromatic heterocycles. The quantitative estimate of drug-likeness (QED) is 0.477. The van der Waals surface area contributed by atoms with E-state index in [-0.39, 0.29) is 16.5 Å². The first-order valence-electron chi connectivity index (χ1n) is 7.92. The van der Waals surface area contributed by atoms with Crippen LogP contribution in [-0.4, -0.2) is 46.9 Å². The fourth-order valence-electron chi connectivity index (χ4n) is 2.77. The summed E-state index contributed by atoms with van der Waals surface area (Å²) in [4.78, 5) is 31.1. The van der Waals surface area contributed by atoms with Gasteiger partial charge in [-0.15, -0.1) is 11.3 Å². The van der Waals surface area contributed by atoms with E-state index in [0.717, 1.165) is 10.7 Å². The number of benzene rings is 1. The number of amides is 1. The predicted octanol–water partition coefficient (Wildman–Crippen LogP) is 2.72. The van der Waals surface area contributed by atoms with Gasteiger partial charge in [-0.1, -0.05) is 12.1 Å². The summed E-state index contributed by atoms with van der Waals surface area (Å²) in [6, 6.07) is 6.70. The van der Waals surface area contributed by atoms with Gasteiger partial charge in [0.2, 0.25) is 5.91 Å². The standard InChI is InChI=1S/C17H18N4O3S/c1-13-18-14(12-25-13)6-7-17(22)20-10-8-19(9-11-20)15-4-2-3-5-16(15)21(23)24/h2-7,12H,8-11H2,1H3/b7-6+. The summed E-state index contributed by atoms with van der Waals surface area (Å²) in [5, 5.41) is 14.0. The van der Waals surface area contributed by atoms with Crippen LogP contribution in [0.4, 0.5) is 11.4 Å². The number of carbonyl (C=O) groups excluding carboxylic acids is 1. The number of aromatic nitrogens is 1. The summed E-state index contributed by atoms with van der Waals surface area (Å²) in [6.07, 6.45) is 3.26. The minimum absolute atomic E-state index is 0.0622. The van der Waals surface area contributed by atoms with Gasteiger partial charge in [-0.25, -0.2) is 4.98 Å². The molecule has 0 unspecified atom stereocenters. The molecule has 1 amide bonds. The van der Waals surface area contributed by atoms with E-state index in [1.165, 1.54) is 12.1 Å². The number of anilines is 1. The molecule has 0 spiro atoms. The van der Waals surface area contributed by atoms with Crippen LogP contribution in [0.25, 0.3) is 6.08 Å². The zero-order valence-corrected chi connectivity index (χ0v) is 14.6. The number of rotatable bonds is 4. The highest BCUT2D eigenvalue weighted by atomic mass is 32.1. The molecule has 1 fully saturated rings. The number of piperazine rings is 1. The molecule has 0 atom stereocenters. The van der Waals surface area contributed by atoms with Crippen LogP contribution in [0, 0.1) is 17.0 Å². The predicted molar refractivity (Wildman–Crippen MR) is 97.8 cm³/mol. The largest absolute Gasteiger partial charge is 0.362 e. The van der Waals surface area contributed by atoms with Gasteiger partial charge >= 0.3 is 0 Å². The van der Waals surface area contributed by atoms with Gasteiger partial charge in [-0.05, 0) is 19.1 Å². The third kappa shape index (κ3) is 4.03. The monoisotopic (exact) mass is 358 g/mol. The highest BCUT2D eigenvalue weighted by Crippen LogP contribution is 2.28. The van der Waals surface area contributed by atoms with Crippen molar-refractivity contribution in [2.45, 2.75) is 6.92 Å². The number of nitro benzene ring substituents is 1. The fourth-order valence-corrected chi connectivity index (χ4v) is 3.35. The van der Waals surface area contributed by atoms with E-state index in [0.29, 0.717) is 31.9 Å². The number of carbonyl (C=O) groups is 1. The molecule has 130 valence electrons. The molecule has 0 saturated carbocycles. The summed E-state index contributed by atoms with van der Waals surface area (Å²) in [7, 11) is 0. The van der Waals surface area contributed by atoms with Gasteiger partial charge in [0, 0.05) is 43.7 Å². The highest BCUT2D eigenvalue weighted by Gasteiger charge is 2.24. The van der Waals surface area contributed by atoms with Gasteiger partial charge in [-0.3, -0.25) is 14.9 Å². The molecule has 0 bridgehead atoms. The van der Waals surface area contributed by atoms with Crippen LogP contribution in [0.1, 0.15) is 10.7 Å². The Kier molecular flexibility index (Phi) is 5.08. The number of nitrogens with zero attached hydrogens (tertiary/aromatic N) is 4. The topological polar surface area (TPSA) is 79.6 Å². The van der Waals surface area contributed by atoms with Crippen molar-refractivity contribution in [1.82, 2.24) is 9.88 Å². The van der Waals surface area contributed by atoms with E-state index >= 15 is 0 Å². The van der Waals surface area contributed by atoms with Crippen LogP contribution in [0.15, 0.2) is 35.7 Å². The molecule has 8 heteroatoms. The Balaban J connectivity index is 1.61. The second kappa shape index (κ2) is 7.43. The van der Waals surface area contributed by atoms with Crippen molar-refractivity contribution in [3.63, 3.8) is 0 Å². The molecule has 0 aliphatic carbocycles. The Hall–Kier alpha value is -2.74. The summed E-state index contributed by atoms with van der Waals surface area (Å²) >= 11 is 1.54. The average molecular weight is 358 g/mol. The van der Waals surface area contributed by atoms with Crippen molar-refractivity contribution in [2.24, 2.45) is 0 Å². The number of thiazole rings is 1. The Morgan fingerprint density at radius 3 is 2.64 bits per heavy atom. The molecule has 2 aromatic rings. The van der Waals surface area contributed by atoms with Crippen LogP contribution in [0.2, 0.25) is 0 Å². The van der Waals surface area contributed by atoms with E-state index in [1.54, 1.807) is 40.5 Å². The first-order chi connectivity index (χ1) is 12.0. The lowest BCUT2D eigenvalue weighted by Crippen LogP contribution is -2.48. The average Bonchev–Trinajstić information content (AvgIpc) is 3.05. The van der Waals surface area contributed by atoms with Crippen LogP contribution in [0.3, 0.4) is 0 Å². The van der Waals surface area contributed by atoms with Gasteiger partial charge in [0.15, 0.2) is 0 Å². The number of nitro groups is 1. The molecule has 1 saturated heterocycles. The lowest BCUT2D eigenvalue weighted by atomic mass is 10.2. The van der Waals surface area contributed by atoms with E-state index in [2.05, 4.69) is 4.98 Å². The maximum Gasteiger partial charge on any atom is 0.292 e. The molecule has 0 N–H and O–H groups in total. The van der Waals surface area contributed by atoms with E-state index in [9.17, 15) is 14.9 Å². The smallest absolute Gasteiger partial charge is 0.292 e. The number of hydrogen-bond donors (Lipinski definition) is 0. The minimum atomic E-state index is -0.370. The van der Waals surface area contributed by atoms with Gasteiger partial charge in [0.25, 0.3) is 5.69 Å². The normalized spacial score (nSPS) is 14.9. The van der Waals surface area contributed by atoms with Crippen molar-refractivity contribution in [2.75, 3.05) is 31.1 Å². The lowest BCUT2D eigenvalue weighted by Gasteiger charge is -2.35. The van der Waals surface area contributed by atoms with E-state index in [1.807, 2.05) is 17.2 Å². The number of aryl methyl sites for hydroxylation is 1. The second-order valence-corrected chi connectivity index (χ2v) is 6.75. The van der Waals surface area contributed by atoms with Crippen LogP contribution >= 0.6 is 11.3 Å². The van der Waals surface area contributed by atoms with Crippen LogP contribution < -0.4 is 4.90 Å². The first-order valence-corrected chi connectivity index (χ1v) is 8.80. The summed E-state index contributed by atoms with van der Waals surface area (Å²) in [6.45, 7) is 4.13. The van der Waals surface area contributed by atoms with Gasteiger partial charge < -0.3 is 9.80 Å². The van der Waals surface area contributed by atoms with Crippen molar-refractivity contribution in [1.29, 1.82) is 0 Å². The second-order valence-electron chi connectivity index (χ2n) is 5.68. The molecular weight excluding hydrogens is 340 g/mol. The molecule has 1 aliphatic heterocycles. The molecule has 1 aliphatic rings.